The summed E-state index contributed by atoms with van der Waals surface area (Å²) < 4.78 is 0. The highest BCUT2D eigenvalue weighted by Gasteiger charge is 2.30. The van der Waals surface area contributed by atoms with Gasteiger partial charge in [0.05, 0.1) is 0 Å². The van der Waals surface area contributed by atoms with E-state index in [0.29, 0.717) is 23.8 Å². The molecule has 4 rings (SSSR count). The van der Waals surface area contributed by atoms with Crippen LogP contribution in [0.5, 0.6) is 5.75 Å². The summed E-state index contributed by atoms with van der Waals surface area (Å²) in [4.78, 5) is 17.7. The van der Waals surface area contributed by atoms with Crippen molar-refractivity contribution in [2.75, 3.05) is 13.1 Å². The van der Waals surface area contributed by atoms with Crippen molar-refractivity contribution in [1.29, 1.82) is 0 Å². The molecule has 2 aromatic rings. The van der Waals surface area contributed by atoms with Crippen molar-refractivity contribution in [3.63, 3.8) is 0 Å². The van der Waals surface area contributed by atoms with Crippen molar-refractivity contribution >= 4 is 5.91 Å². The van der Waals surface area contributed by atoms with E-state index in [1.807, 2.05) is 30.3 Å². The number of carbonyl (C=O) groups excluding carboxylic acids is 1. The number of hydrogen-bond donors (Lipinski definition) is 1. The highest BCUT2D eigenvalue weighted by molar-refractivity contribution is 5.94. The topological polar surface area (TPSA) is 43.8 Å². The summed E-state index contributed by atoms with van der Waals surface area (Å²) in [5.41, 5.74) is 3.10. The summed E-state index contributed by atoms with van der Waals surface area (Å²) in [5.74, 6) is 1.02. The largest absolute Gasteiger partial charge is 0.508 e. The molecule has 0 radical (unpaired) electrons. The average Bonchev–Trinajstić information content (AvgIpc) is 2.75. The summed E-state index contributed by atoms with van der Waals surface area (Å²) in [7, 11) is 0. The van der Waals surface area contributed by atoms with Gasteiger partial charge in [-0.2, -0.15) is 0 Å². The van der Waals surface area contributed by atoms with E-state index < -0.39 is 0 Å². The quantitative estimate of drug-likeness (QED) is 0.761. The van der Waals surface area contributed by atoms with Gasteiger partial charge in [-0.05, 0) is 94.3 Å². The second-order valence-corrected chi connectivity index (χ2v) is 9.15. The van der Waals surface area contributed by atoms with Crippen molar-refractivity contribution in [1.82, 2.24) is 9.80 Å². The van der Waals surface area contributed by atoms with Crippen molar-refractivity contribution < 1.29 is 9.90 Å². The Bertz CT molecular complexity index is 863. The number of aromatic hydroxyl groups is 1. The van der Waals surface area contributed by atoms with Crippen LogP contribution in [0.2, 0.25) is 0 Å². The van der Waals surface area contributed by atoms with Crippen molar-refractivity contribution in [3.05, 3.63) is 65.2 Å². The molecule has 4 nitrogen and oxygen atoms in total. The van der Waals surface area contributed by atoms with Gasteiger partial charge in [0.25, 0.3) is 5.91 Å². The standard InChI is InChI=1S/C26H34N2O2/c1-19-7-5-8-20(2)28(19)26(30)23-10-6-9-21(17-23)18-27-15-13-22(14-16-27)24-11-3-4-12-25(24)29/h3-4,6,9-12,17,19-20,22,29H,5,7-8,13-16,18H2,1-2H3. The Hall–Kier alpha value is -2.33. The minimum absolute atomic E-state index is 0.176. The minimum Gasteiger partial charge on any atom is -0.508 e. The molecular formula is C26H34N2O2. The molecule has 2 aliphatic rings. The zero-order chi connectivity index (χ0) is 21.1. The molecule has 0 bridgehead atoms. The van der Waals surface area contributed by atoms with Crippen LogP contribution >= 0.6 is 0 Å². The Morgan fingerprint density at radius 2 is 1.67 bits per heavy atom. The second-order valence-electron chi connectivity index (χ2n) is 9.15. The number of carbonyl (C=O) groups is 1. The molecule has 2 unspecified atom stereocenters. The summed E-state index contributed by atoms with van der Waals surface area (Å²) in [6.07, 6.45) is 5.52. The van der Waals surface area contributed by atoms with E-state index in [9.17, 15) is 9.90 Å². The third-order valence-electron chi connectivity index (χ3n) is 6.97. The number of nitrogens with zero attached hydrogens (tertiary/aromatic N) is 2. The van der Waals surface area contributed by atoms with Gasteiger partial charge in [-0.1, -0.05) is 30.3 Å². The highest BCUT2D eigenvalue weighted by Crippen LogP contribution is 2.34. The maximum Gasteiger partial charge on any atom is 0.254 e. The predicted molar refractivity (Wildman–Crippen MR) is 121 cm³/mol. The number of para-hydroxylation sites is 1. The molecule has 2 aromatic carbocycles. The molecule has 160 valence electrons. The van der Waals surface area contributed by atoms with Gasteiger partial charge >= 0.3 is 0 Å². The van der Waals surface area contributed by atoms with Crippen molar-refractivity contribution in [3.8, 4) is 5.75 Å². The molecule has 1 amide bonds. The maximum atomic E-state index is 13.2. The Morgan fingerprint density at radius 3 is 2.37 bits per heavy atom. The van der Waals surface area contributed by atoms with Gasteiger partial charge in [0.1, 0.15) is 5.75 Å². The normalized spacial score (nSPS) is 23.5. The summed E-state index contributed by atoms with van der Waals surface area (Å²) in [6, 6.07) is 16.6. The molecule has 2 saturated heterocycles. The predicted octanol–water partition coefficient (Wildman–Crippen LogP) is 5.17. The Kier molecular flexibility index (Phi) is 6.43. The number of rotatable bonds is 4. The lowest BCUT2D eigenvalue weighted by Crippen LogP contribution is -2.47. The van der Waals surface area contributed by atoms with Crippen LogP contribution in [0.1, 0.15) is 73.4 Å². The van der Waals surface area contributed by atoms with Crippen LogP contribution in [0.15, 0.2) is 48.5 Å². The number of phenolic OH excluding ortho intramolecular Hbond substituents is 1. The van der Waals surface area contributed by atoms with E-state index in [1.54, 1.807) is 6.07 Å². The number of benzene rings is 2. The van der Waals surface area contributed by atoms with Crippen LogP contribution in [-0.2, 0) is 6.54 Å². The molecule has 2 atom stereocenters. The second kappa shape index (κ2) is 9.22. The number of hydrogen-bond acceptors (Lipinski definition) is 3. The third-order valence-corrected chi connectivity index (χ3v) is 6.97. The highest BCUT2D eigenvalue weighted by atomic mass is 16.3. The molecule has 0 spiro atoms. The number of amides is 1. The zero-order valence-electron chi connectivity index (χ0n) is 18.3. The fourth-order valence-electron chi connectivity index (χ4n) is 5.27. The first kappa shape index (κ1) is 20.9. The summed E-state index contributed by atoms with van der Waals surface area (Å²) >= 11 is 0. The first-order valence-corrected chi connectivity index (χ1v) is 11.4. The average molecular weight is 407 g/mol. The minimum atomic E-state index is 0.176. The third kappa shape index (κ3) is 4.54. The SMILES string of the molecule is CC1CCCC(C)N1C(=O)c1cccc(CN2CCC(c3ccccc3O)CC2)c1. The van der Waals surface area contributed by atoms with E-state index in [-0.39, 0.29) is 5.91 Å². The smallest absolute Gasteiger partial charge is 0.254 e. The first-order chi connectivity index (χ1) is 14.5. The number of likely N-dealkylation sites (tertiary alicyclic amines) is 2. The lowest BCUT2D eigenvalue weighted by molar-refractivity contribution is 0.0510. The van der Waals surface area contributed by atoms with Crippen LogP contribution in [0.25, 0.3) is 0 Å². The fourth-order valence-corrected chi connectivity index (χ4v) is 5.27. The molecule has 1 N–H and O–H groups in total. The molecule has 0 aromatic heterocycles. The van der Waals surface area contributed by atoms with Crippen LogP contribution in [0.4, 0.5) is 0 Å². The Balaban J connectivity index is 1.38. The van der Waals surface area contributed by atoms with Gasteiger partial charge in [-0.15, -0.1) is 0 Å². The van der Waals surface area contributed by atoms with Crippen LogP contribution in [0, 0.1) is 0 Å². The van der Waals surface area contributed by atoms with E-state index in [2.05, 4.69) is 35.8 Å². The van der Waals surface area contributed by atoms with Crippen molar-refractivity contribution in [2.24, 2.45) is 0 Å². The molecule has 2 fully saturated rings. The number of phenols is 1. The molecular weight excluding hydrogens is 372 g/mol. The van der Waals surface area contributed by atoms with Gasteiger partial charge < -0.3 is 10.0 Å². The molecule has 2 heterocycles. The lowest BCUT2D eigenvalue weighted by Gasteiger charge is -2.39. The Labute approximate surface area is 180 Å². The van der Waals surface area contributed by atoms with Crippen LogP contribution in [-0.4, -0.2) is 46.0 Å². The Morgan fingerprint density at radius 1 is 0.967 bits per heavy atom. The van der Waals surface area contributed by atoms with Gasteiger partial charge in [0, 0.05) is 24.2 Å². The van der Waals surface area contributed by atoms with Crippen molar-refractivity contribution in [2.45, 2.75) is 70.5 Å². The van der Waals surface area contributed by atoms with Gasteiger partial charge in [-0.3, -0.25) is 9.69 Å². The van der Waals surface area contributed by atoms with Gasteiger partial charge in [0.2, 0.25) is 0 Å². The lowest BCUT2D eigenvalue weighted by atomic mass is 9.88. The van der Waals surface area contributed by atoms with E-state index in [1.165, 1.54) is 12.0 Å². The summed E-state index contributed by atoms with van der Waals surface area (Å²) in [6.45, 7) is 7.24. The molecule has 4 heteroatoms. The molecule has 30 heavy (non-hydrogen) atoms. The van der Waals surface area contributed by atoms with E-state index in [0.717, 1.165) is 56.4 Å². The van der Waals surface area contributed by atoms with Crippen LogP contribution < -0.4 is 0 Å². The zero-order valence-corrected chi connectivity index (χ0v) is 18.3. The molecule has 0 saturated carbocycles. The van der Waals surface area contributed by atoms with Crippen LogP contribution in [0.3, 0.4) is 0 Å². The molecule has 0 aliphatic carbocycles. The van der Waals surface area contributed by atoms with E-state index in [4.69, 9.17) is 0 Å². The first-order valence-electron chi connectivity index (χ1n) is 11.4. The monoisotopic (exact) mass is 406 g/mol. The summed E-state index contributed by atoms with van der Waals surface area (Å²) in [5, 5.41) is 10.1. The van der Waals surface area contributed by atoms with Gasteiger partial charge in [-0.25, -0.2) is 0 Å². The number of piperidine rings is 2. The maximum absolute atomic E-state index is 13.2. The van der Waals surface area contributed by atoms with E-state index >= 15 is 0 Å². The molecule has 2 aliphatic heterocycles. The fraction of sp³-hybridized carbons (Fsp3) is 0.500. The van der Waals surface area contributed by atoms with Gasteiger partial charge in [0.15, 0.2) is 0 Å².